The third-order valence-electron chi connectivity index (χ3n) is 3.79. The fourth-order valence-corrected chi connectivity index (χ4v) is 2.43. The van der Waals surface area contributed by atoms with Gasteiger partial charge in [0.2, 0.25) is 5.95 Å². The molecule has 0 spiro atoms. The van der Waals surface area contributed by atoms with Crippen molar-refractivity contribution in [3.63, 3.8) is 0 Å². The smallest absolute Gasteiger partial charge is 0.336 e. The monoisotopic (exact) mass is 344 g/mol. The lowest BCUT2D eigenvalue weighted by molar-refractivity contribution is 0.0929. The first kappa shape index (κ1) is 16.6. The van der Waals surface area contributed by atoms with Crippen LogP contribution in [0, 0.1) is 5.82 Å². The average Bonchev–Trinajstić information content (AvgIpc) is 2.67. The highest BCUT2D eigenvalue weighted by Gasteiger charge is 2.22. The molecule has 0 atom stereocenters. The molecule has 2 heterocycles. The Balaban J connectivity index is 1.46. The zero-order chi connectivity index (χ0) is 17.6. The van der Waals surface area contributed by atoms with Gasteiger partial charge in [-0.2, -0.15) is 0 Å². The highest BCUT2D eigenvalue weighted by Crippen LogP contribution is 2.09. The second-order valence-electron chi connectivity index (χ2n) is 5.41. The molecule has 2 N–H and O–H groups in total. The van der Waals surface area contributed by atoms with Gasteiger partial charge < -0.3 is 9.80 Å². The van der Waals surface area contributed by atoms with E-state index in [2.05, 4.69) is 20.8 Å². The van der Waals surface area contributed by atoms with Crippen molar-refractivity contribution in [1.82, 2.24) is 25.7 Å². The van der Waals surface area contributed by atoms with Gasteiger partial charge in [-0.1, -0.05) is 0 Å². The zero-order valence-electron chi connectivity index (χ0n) is 13.4. The van der Waals surface area contributed by atoms with E-state index in [1.165, 1.54) is 24.3 Å². The fourth-order valence-electron chi connectivity index (χ4n) is 2.43. The topological polar surface area (TPSA) is 90.5 Å². The number of hydrazine groups is 1. The summed E-state index contributed by atoms with van der Waals surface area (Å²) in [5.41, 5.74) is 4.94. The number of nitrogens with zero attached hydrogens (tertiary/aromatic N) is 4. The van der Waals surface area contributed by atoms with Gasteiger partial charge in [0.05, 0.1) is 0 Å². The van der Waals surface area contributed by atoms with E-state index in [-0.39, 0.29) is 5.56 Å². The molecule has 0 saturated carbocycles. The summed E-state index contributed by atoms with van der Waals surface area (Å²) in [6, 6.07) is 6.40. The van der Waals surface area contributed by atoms with E-state index in [0.29, 0.717) is 32.1 Å². The highest BCUT2D eigenvalue weighted by molar-refractivity contribution is 5.95. The highest BCUT2D eigenvalue weighted by atomic mass is 19.1. The van der Waals surface area contributed by atoms with Crippen molar-refractivity contribution in [1.29, 1.82) is 0 Å². The molecule has 0 radical (unpaired) electrons. The molecule has 3 rings (SSSR count). The predicted molar refractivity (Wildman–Crippen MR) is 88.2 cm³/mol. The third kappa shape index (κ3) is 4.19. The Hall–Kier alpha value is -3.23. The summed E-state index contributed by atoms with van der Waals surface area (Å²) in [5, 5.41) is 0. The molecule has 1 fully saturated rings. The van der Waals surface area contributed by atoms with E-state index in [4.69, 9.17) is 0 Å². The van der Waals surface area contributed by atoms with Crippen LogP contribution >= 0.6 is 0 Å². The molecule has 9 heteroatoms. The number of amides is 3. The molecule has 0 unspecified atom stereocenters. The number of aromatic nitrogens is 2. The summed E-state index contributed by atoms with van der Waals surface area (Å²) in [4.78, 5) is 36.0. The Kier molecular flexibility index (Phi) is 5.03. The number of urea groups is 1. The molecule has 130 valence electrons. The summed E-state index contributed by atoms with van der Waals surface area (Å²) >= 11 is 0. The quantitative estimate of drug-likeness (QED) is 0.786. The molecule has 0 bridgehead atoms. The maximum atomic E-state index is 12.8. The van der Waals surface area contributed by atoms with Crippen molar-refractivity contribution in [2.45, 2.75) is 0 Å². The number of piperazine rings is 1. The predicted octanol–water partition coefficient (Wildman–Crippen LogP) is 0.792. The summed E-state index contributed by atoms with van der Waals surface area (Å²) < 4.78 is 12.8. The second kappa shape index (κ2) is 7.56. The molecule has 1 aliphatic heterocycles. The lowest BCUT2D eigenvalue weighted by Crippen LogP contribution is -2.55. The van der Waals surface area contributed by atoms with E-state index in [1.54, 1.807) is 23.4 Å². The molecular formula is C16H17FN6O2. The number of hydrogen-bond acceptors (Lipinski definition) is 5. The molecule has 1 aromatic heterocycles. The van der Waals surface area contributed by atoms with E-state index in [9.17, 15) is 14.0 Å². The zero-order valence-corrected chi connectivity index (χ0v) is 13.4. The maximum absolute atomic E-state index is 12.8. The Morgan fingerprint density at radius 1 is 0.960 bits per heavy atom. The van der Waals surface area contributed by atoms with Gasteiger partial charge in [-0.15, -0.1) is 0 Å². The Morgan fingerprint density at radius 3 is 2.24 bits per heavy atom. The summed E-state index contributed by atoms with van der Waals surface area (Å²) in [6.45, 7) is 2.17. The minimum absolute atomic E-state index is 0.257. The maximum Gasteiger partial charge on any atom is 0.336 e. The lowest BCUT2D eigenvalue weighted by atomic mass is 10.2. The van der Waals surface area contributed by atoms with Crippen LogP contribution in [-0.4, -0.2) is 53.0 Å². The lowest BCUT2D eigenvalue weighted by Gasteiger charge is -2.34. The van der Waals surface area contributed by atoms with Gasteiger partial charge in [-0.05, 0) is 30.3 Å². The Morgan fingerprint density at radius 2 is 1.60 bits per heavy atom. The molecular weight excluding hydrogens is 327 g/mol. The van der Waals surface area contributed by atoms with Gasteiger partial charge in [0.1, 0.15) is 5.82 Å². The summed E-state index contributed by atoms with van der Waals surface area (Å²) in [6.07, 6.45) is 3.35. The fraction of sp³-hybridized carbons (Fsp3) is 0.250. The average molecular weight is 344 g/mol. The van der Waals surface area contributed by atoms with Crippen LogP contribution < -0.4 is 15.8 Å². The van der Waals surface area contributed by atoms with Gasteiger partial charge in [-0.3, -0.25) is 10.2 Å². The summed E-state index contributed by atoms with van der Waals surface area (Å²) in [5.74, 6) is -0.308. The molecule has 1 aliphatic rings. The van der Waals surface area contributed by atoms with E-state index in [0.717, 1.165) is 0 Å². The molecule has 1 saturated heterocycles. The Labute approximate surface area is 143 Å². The molecule has 2 aromatic rings. The number of halogens is 1. The van der Waals surface area contributed by atoms with Crippen molar-refractivity contribution >= 4 is 17.9 Å². The molecule has 0 aliphatic carbocycles. The minimum Gasteiger partial charge on any atom is -0.337 e. The van der Waals surface area contributed by atoms with Crippen LogP contribution in [0.3, 0.4) is 0 Å². The third-order valence-corrected chi connectivity index (χ3v) is 3.79. The number of carbonyl (C=O) groups is 2. The van der Waals surface area contributed by atoms with Crippen LogP contribution in [0.5, 0.6) is 0 Å². The Bertz CT molecular complexity index is 732. The number of hydrogen-bond donors (Lipinski definition) is 2. The molecule has 3 amide bonds. The van der Waals surface area contributed by atoms with Gasteiger partial charge >= 0.3 is 6.03 Å². The van der Waals surface area contributed by atoms with Crippen LogP contribution in [0.25, 0.3) is 0 Å². The van der Waals surface area contributed by atoms with Crippen molar-refractivity contribution in [2.75, 3.05) is 31.1 Å². The second-order valence-corrected chi connectivity index (χ2v) is 5.41. The number of rotatable bonds is 2. The number of nitrogens with one attached hydrogen (secondary N) is 2. The normalized spacial score (nSPS) is 14.1. The van der Waals surface area contributed by atoms with Gasteiger partial charge in [0.25, 0.3) is 5.91 Å². The largest absolute Gasteiger partial charge is 0.337 e. The van der Waals surface area contributed by atoms with Crippen LogP contribution in [0.15, 0.2) is 42.7 Å². The van der Waals surface area contributed by atoms with Gasteiger partial charge in [0.15, 0.2) is 0 Å². The first-order valence-corrected chi connectivity index (χ1v) is 7.76. The van der Waals surface area contributed by atoms with Crippen molar-refractivity contribution < 1.29 is 14.0 Å². The van der Waals surface area contributed by atoms with E-state index >= 15 is 0 Å². The van der Waals surface area contributed by atoms with Crippen molar-refractivity contribution in [3.8, 4) is 0 Å². The van der Waals surface area contributed by atoms with Gasteiger partial charge in [-0.25, -0.2) is 24.6 Å². The standard InChI is InChI=1S/C16H17FN6O2/c17-13-4-2-12(3-5-13)14(24)20-21-16(25)23-10-8-22(9-11-23)15-18-6-1-7-19-15/h1-7H,8-11H2,(H,20,24)(H,21,25). The van der Waals surface area contributed by atoms with E-state index in [1.807, 2.05) is 4.90 Å². The number of anilines is 1. The van der Waals surface area contributed by atoms with Crippen LogP contribution in [-0.2, 0) is 0 Å². The first-order valence-electron chi connectivity index (χ1n) is 7.76. The van der Waals surface area contributed by atoms with E-state index < -0.39 is 17.8 Å². The first-order chi connectivity index (χ1) is 12.1. The minimum atomic E-state index is -0.510. The molecule has 1 aromatic carbocycles. The van der Waals surface area contributed by atoms with Crippen molar-refractivity contribution in [2.24, 2.45) is 0 Å². The SMILES string of the molecule is O=C(NNC(=O)N1CCN(c2ncccn2)CC1)c1ccc(F)cc1. The van der Waals surface area contributed by atoms with Crippen LogP contribution in [0.2, 0.25) is 0 Å². The van der Waals surface area contributed by atoms with Crippen LogP contribution in [0.1, 0.15) is 10.4 Å². The summed E-state index contributed by atoms with van der Waals surface area (Å²) in [7, 11) is 0. The molecule has 25 heavy (non-hydrogen) atoms. The molecule has 8 nitrogen and oxygen atoms in total. The number of benzene rings is 1. The van der Waals surface area contributed by atoms with Gasteiger partial charge in [0, 0.05) is 44.1 Å². The van der Waals surface area contributed by atoms with Crippen LogP contribution in [0.4, 0.5) is 15.1 Å². The number of carbonyl (C=O) groups excluding carboxylic acids is 2. The van der Waals surface area contributed by atoms with Crippen molar-refractivity contribution in [3.05, 3.63) is 54.1 Å².